The van der Waals surface area contributed by atoms with Crippen molar-refractivity contribution in [2.75, 3.05) is 19.8 Å². The summed E-state index contributed by atoms with van der Waals surface area (Å²) >= 11 is 1.30. The predicted molar refractivity (Wildman–Crippen MR) is 161 cm³/mol. The molecule has 0 unspecified atom stereocenters. The minimum absolute atomic E-state index is 0.197. The first-order valence-electron chi connectivity index (χ1n) is 13.8. The third-order valence-electron chi connectivity index (χ3n) is 6.53. The fourth-order valence-corrected chi connectivity index (χ4v) is 5.70. The van der Waals surface area contributed by atoms with E-state index >= 15 is 0 Å². The monoisotopic (exact) mass is 568 g/mol. The summed E-state index contributed by atoms with van der Waals surface area (Å²) in [6.45, 7) is 7.13. The van der Waals surface area contributed by atoms with Crippen molar-refractivity contribution in [1.29, 1.82) is 0 Å². The molecule has 0 spiro atoms. The molecule has 1 aliphatic heterocycles. The molecule has 0 bridgehead atoms. The van der Waals surface area contributed by atoms with Crippen LogP contribution in [0.15, 0.2) is 94.2 Å². The van der Waals surface area contributed by atoms with Crippen molar-refractivity contribution < 1.29 is 19.0 Å². The van der Waals surface area contributed by atoms with Crippen LogP contribution in [0.4, 0.5) is 0 Å². The second-order valence-electron chi connectivity index (χ2n) is 9.35. The van der Waals surface area contributed by atoms with Gasteiger partial charge in [0.25, 0.3) is 5.56 Å². The van der Waals surface area contributed by atoms with Crippen molar-refractivity contribution in [1.82, 2.24) is 4.57 Å². The highest BCUT2D eigenvalue weighted by atomic mass is 32.1. The van der Waals surface area contributed by atoms with Gasteiger partial charge in [-0.1, -0.05) is 72.9 Å². The number of ether oxygens (including phenoxy) is 3. The first-order valence-corrected chi connectivity index (χ1v) is 14.6. The zero-order valence-electron chi connectivity index (χ0n) is 23.3. The molecule has 0 amide bonds. The van der Waals surface area contributed by atoms with Gasteiger partial charge in [0.15, 0.2) is 4.80 Å². The summed E-state index contributed by atoms with van der Waals surface area (Å²) in [5, 5.41) is 0. The van der Waals surface area contributed by atoms with E-state index in [0.717, 1.165) is 28.9 Å². The lowest BCUT2D eigenvalue weighted by Crippen LogP contribution is -2.40. The van der Waals surface area contributed by atoms with E-state index in [9.17, 15) is 9.59 Å². The van der Waals surface area contributed by atoms with E-state index in [1.165, 1.54) is 11.3 Å². The van der Waals surface area contributed by atoms with Crippen LogP contribution >= 0.6 is 11.3 Å². The Morgan fingerprint density at radius 1 is 0.902 bits per heavy atom. The van der Waals surface area contributed by atoms with Gasteiger partial charge in [0, 0.05) is 5.56 Å². The molecule has 0 saturated heterocycles. The number of benzene rings is 3. The number of nitrogens with zero attached hydrogens (tertiary/aromatic N) is 2. The summed E-state index contributed by atoms with van der Waals surface area (Å²) in [5.74, 6) is 0.985. The fourth-order valence-electron chi connectivity index (χ4n) is 4.70. The number of esters is 1. The van der Waals surface area contributed by atoms with Crippen molar-refractivity contribution in [3.63, 3.8) is 0 Å². The highest BCUT2D eigenvalue weighted by Crippen LogP contribution is 2.35. The molecule has 1 aliphatic rings. The van der Waals surface area contributed by atoms with Crippen LogP contribution in [0.2, 0.25) is 0 Å². The van der Waals surface area contributed by atoms with Gasteiger partial charge in [0.05, 0.1) is 41.7 Å². The summed E-state index contributed by atoms with van der Waals surface area (Å²) in [5.41, 5.74) is 2.97. The Morgan fingerprint density at radius 3 is 2.24 bits per heavy atom. The van der Waals surface area contributed by atoms with Gasteiger partial charge < -0.3 is 14.2 Å². The van der Waals surface area contributed by atoms with Gasteiger partial charge in [-0.15, -0.1) is 0 Å². The summed E-state index contributed by atoms with van der Waals surface area (Å²) in [7, 11) is 0. The lowest BCUT2D eigenvalue weighted by molar-refractivity contribution is -0.138. The van der Waals surface area contributed by atoms with Crippen LogP contribution in [-0.2, 0) is 9.53 Å². The van der Waals surface area contributed by atoms with Gasteiger partial charge in [0.1, 0.15) is 11.5 Å². The molecule has 3 aromatic carbocycles. The molecule has 7 nitrogen and oxygen atoms in total. The minimum Gasteiger partial charge on any atom is -0.494 e. The smallest absolute Gasteiger partial charge is 0.338 e. The number of thiazole rings is 1. The molecule has 0 aliphatic carbocycles. The van der Waals surface area contributed by atoms with Crippen molar-refractivity contribution in [3.05, 3.63) is 121 Å². The van der Waals surface area contributed by atoms with E-state index in [1.54, 1.807) is 11.5 Å². The average Bonchev–Trinajstić information content (AvgIpc) is 3.31. The topological polar surface area (TPSA) is 79.1 Å². The SMILES string of the molecule is CCCOc1ccc(/C=c2/sc3n(c2=O)[C@@H](c2ccc(OCC)cc2)C(C(=O)OCC)=C(c2ccccc2)N=3)cc1. The Labute approximate surface area is 242 Å². The molecule has 5 rings (SSSR count). The van der Waals surface area contributed by atoms with Crippen LogP contribution in [0.3, 0.4) is 0 Å². The molecule has 0 radical (unpaired) electrons. The molecule has 0 fully saturated rings. The van der Waals surface area contributed by atoms with E-state index in [1.807, 2.05) is 91.9 Å². The van der Waals surface area contributed by atoms with Crippen molar-refractivity contribution in [2.45, 2.75) is 33.2 Å². The number of fused-ring (bicyclic) bond motifs is 1. The lowest BCUT2D eigenvalue weighted by atomic mass is 9.93. The van der Waals surface area contributed by atoms with Gasteiger partial charge >= 0.3 is 5.97 Å². The summed E-state index contributed by atoms with van der Waals surface area (Å²) in [6, 6.07) is 23.9. The summed E-state index contributed by atoms with van der Waals surface area (Å²) in [4.78, 5) is 33.0. The molecule has 2 heterocycles. The van der Waals surface area contributed by atoms with Gasteiger partial charge in [-0.05, 0) is 61.7 Å². The maximum atomic E-state index is 14.0. The molecule has 41 heavy (non-hydrogen) atoms. The van der Waals surface area contributed by atoms with Crippen LogP contribution in [0, 0.1) is 0 Å². The van der Waals surface area contributed by atoms with E-state index in [2.05, 4.69) is 6.92 Å². The van der Waals surface area contributed by atoms with Crippen molar-refractivity contribution in [2.24, 2.45) is 4.99 Å². The standard InChI is InChI=1S/C33H32N2O5S/c1-4-20-40-26-16-12-22(13-17-26)21-27-31(36)35-30(24-14-18-25(19-15-24)38-5-2)28(32(37)39-6-3)29(34-33(35)41-27)23-10-8-7-9-11-23/h7-19,21,30H,4-6,20H2,1-3H3/b27-21+/t30-/m0/s1. The molecular formula is C33H32N2O5S. The first-order chi connectivity index (χ1) is 20.0. The van der Waals surface area contributed by atoms with E-state index < -0.39 is 12.0 Å². The molecule has 1 atom stereocenters. The molecule has 4 aromatic rings. The average molecular weight is 569 g/mol. The second kappa shape index (κ2) is 12.8. The Hall–Kier alpha value is -4.43. The molecule has 8 heteroatoms. The first kappa shape index (κ1) is 28.1. The molecule has 0 saturated carbocycles. The number of hydrogen-bond acceptors (Lipinski definition) is 7. The zero-order valence-corrected chi connectivity index (χ0v) is 24.1. The molecule has 210 valence electrons. The Kier molecular flexibility index (Phi) is 8.79. The highest BCUT2D eigenvalue weighted by molar-refractivity contribution is 7.07. The fraction of sp³-hybridized carbons (Fsp3) is 0.242. The van der Waals surface area contributed by atoms with Gasteiger partial charge in [0.2, 0.25) is 0 Å². The molecule has 0 N–H and O–H groups in total. The number of rotatable bonds is 10. The lowest BCUT2D eigenvalue weighted by Gasteiger charge is -2.26. The van der Waals surface area contributed by atoms with Crippen molar-refractivity contribution in [3.8, 4) is 11.5 Å². The van der Waals surface area contributed by atoms with E-state index in [-0.39, 0.29) is 12.2 Å². The maximum absolute atomic E-state index is 14.0. The van der Waals surface area contributed by atoms with E-state index in [4.69, 9.17) is 19.2 Å². The molecule has 1 aromatic heterocycles. The van der Waals surface area contributed by atoms with E-state index in [0.29, 0.717) is 39.6 Å². The quantitative estimate of drug-likeness (QED) is 0.248. The maximum Gasteiger partial charge on any atom is 0.338 e. The predicted octanol–water partition coefficient (Wildman–Crippen LogP) is 5.12. The summed E-state index contributed by atoms with van der Waals surface area (Å²) < 4.78 is 19.0. The van der Waals surface area contributed by atoms with Gasteiger partial charge in [-0.3, -0.25) is 9.36 Å². The third kappa shape index (κ3) is 6.02. The van der Waals surface area contributed by atoms with Gasteiger partial charge in [-0.25, -0.2) is 9.79 Å². The second-order valence-corrected chi connectivity index (χ2v) is 10.4. The van der Waals surface area contributed by atoms with Crippen LogP contribution in [0.1, 0.15) is 49.9 Å². The normalized spacial score (nSPS) is 14.8. The zero-order chi connectivity index (χ0) is 28.8. The Bertz CT molecular complexity index is 1720. The van der Waals surface area contributed by atoms with Crippen LogP contribution < -0.4 is 24.4 Å². The van der Waals surface area contributed by atoms with Crippen LogP contribution in [0.25, 0.3) is 11.8 Å². The van der Waals surface area contributed by atoms with Crippen molar-refractivity contribution >= 4 is 29.1 Å². The van der Waals surface area contributed by atoms with Gasteiger partial charge in [-0.2, -0.15) is 0 Å². The number of hydrogen-bond donors (Lipinski definition) is 0. The number of aromatic nitrogens is 1. The van der Waals surface area contributed by atoms with Crippen LogP contribution in [-0.4, -0.2) is 30.4 Å². The third-order valence-corrected chi connectivity index (χ3v) is 7.51. The Morgan fingerprint density at radius 2 is 1.59 bits per heavy atom. The summed E-state index contributed by atoms with van der Waals surface area (Å²) in [6.07, 6.45) is 2.77. The minimum atomic E-state index is -0.733. The highest BCUT2D eigenvalue weighted by Gasteiger charge is 2.35. The largest absolute Gasteiger partial charge is 0.494 e. The number of carbonyl (C=O) groups is 1. The Balaban J connectivity index is 1.71. The number of carbonyl (C=O) groups excluding carboxylic acids is 1. The van der Waals surface area contributed by atoms with Crippen LogP contribution in [0.5, 0.6) is 11.5 Å². The molecular weight excluding hydrogens is 536 g/mol.